The zero-order valence-electron chi connectivity index (χ0n) is 11.3. The lowest BCUT2D eigenvalue weighted by Gasteiger charge is -2.16. The summed E-state index contributed by atoms with van der Waals surface area (Å²) in [5, 5.41) is 11.0. The van der Waals surface area contributed by atoms with Crippen molar-refractivity contribution < 1.29 is 0 Å². The molecule has 0 saturated heterocycles. The highest BCUT2D eigenvalue weighted by molar-refractivity contribution is 5.86. The highest BCUT2D eigenvalue weighted by Gasteiger charge is 2.13. The Morgan fingerprint density at radius 2 is 2.20 bits per heavy atom. The number of nitrogen functional groups attached to an aromatic ring is 1. The van der Waals surface area contributed by atoms with E-state index in [-0.39, 0.29) is 6.04 Å². The molecule has 3 aromatic heterocycles. The normalized spacial score (nSPS) is 12.5. The number of anilines is 2. The van der Waals surface area contributed by atoms with Crippen molar-refractivity contribution in [3.63, 3.8) is 0 Å². The smallest absolute Gasteiger partial charge is 0.161 e. The summed E-state index contributed by atoms with van der Waals surface area (Å²) < 4.78 is 0. The molecule has 0 aliphatic heterocycles. The topological polar surface area (TPSA) is 105 Å². The van der Waals surface area contributed by atoms with Gasteiger partial charge in [0.15, 0.2) is 5.65 Å². The minimum atomic E-state index is -0.0175. The van der Waals surface area contributed by atoms with Crippen molar-refractivity contribution in [2.45, 2.75) is 19.9 Å². The second-order valence-corrected chi connectivity index (χ2v) is 4.60. The molecule has 7 heteroatoms. The van der Waals surface area contributed by atoms with Gasteiger partial charge in [-0.05, 0) is 19.9 Å². The number of aryl methyl sites for hydroxylation is 1. The minimum absolute atomic E-state index is 0.0175. The Hall–Kier alpha value is -2.70. The molecular weight excluding hydrogens is 254 g/mol. The van der Waals surface area contributed by atoms with Gasteiger partial charge in [-0.3, -0.25) is 5.10 Å². The lowest BCUT2D eigenvalue weighted by molar-refractivity contribution is 0.868. The van der Waals surface area contributed by atoms with E-state index < -0.39 is 0 Å². The summed E-state index contributed by atoms with van der Waals surface area (Å²) in [7, 11) is 0. The largest absolute Gasteiger partial charge is 0.383 e. The van der Waals surface area contributed by atoms with Gasteiger partial charge in [-0.15, -0.1) is 0 Å². The number of pyridine rings is 1. The van der Waals surface area contributed by atoms with Crippen LogP contribution in [0.15, 0.2) is 24.5 Å². The van der Waals surface area contributed by atoms with Crippen LogP contribution in [0.2, 0.25) is 0 Å². The van der Waals surface area contributed by atoms with Crippen LogP contribution in [0.1, 0.15) is 24.4 Å². The van der Waals surface area contributed by atoms with Crippen LogP contribution in [-0.2, 0) is 0 Å². The lowest BCUT2D eigenvalue weighted by Crippen LogP contribution is -2.11. The molecule has 0 amide bonds. The first-order chi connectivity index (χ1) is 9.65. The molecule has 102 valence electrons. The fourth-order valence-electron chi connectivity index (χ4n) is 2.14. The highest BCUT2D eigenvalue weighted by Crippen LogP contribution is 2.25. The number of hydrogen-bond acceptors (Lipinski definition) is 6. The van der Waals surface area contributed by atoms with Gasteiger partial charge in [-0.25, -0.2) is 15.0 Å². The van der Waals surface area contributed by atoms with E-state index in [4.69, 9.17) is 5.73 Å². The van der Waals surface area contributed by atoms with E-state index in [1.54, 1.807) is 12.4 Å². The summed E-state index contributed by atoms with van der Waals surface area (Å²) in [5.41, 5.74) is 7.54. The molecule has 3 aromatic rings. The van der Waals surface area contributed by atoms with Crippen LogP contribution in [-0.4, -0.2) is 25.1 Å². The van der Waals surface area contributed by atoms with E-state index in [9.17, 15) is 0 Å². The number of H-pyrrole nitrogens is 1. The molecule has 0 spiro atoms. The monoisotopic (exact) mass is 269 g/mol. The van der Waals surface area contributed by atoms with Gasteiger partial charge < -0.3 is 11.1 Å². The molecule has 0 saturated carbocycles. The van der Waals surface area contributed by atoms with Crippen LogP contribution in [0.4, 0.5) is 11.6 Å². The van der Waals surface area contributed by atoms with Gasteiger partial charge in [0, 0.05) is 11.8 Å². The van der Waals surface area contributed by atoms with Crippen LogP contribution in [0, 0.1) is 6.92 Å². The van der Waals surface area contributed by atoms with E-state index in [0.29, 0.717) is 17.3 Å². The van der Waals surface area contributed by atoms with Gasteiger partial charge in [0.2, 0.25) is 0 Å². The Balaban J connectivity index is 1.97. The van der Waals surface area contributed by atoms with Gasteiger partial charge in [0.25, 0.3) is 0 Å². The SMILES string of the molecule is Cc1nc(N[C@@H](C)c2cccnc2N)c2cn[nH]c2n1. The number of nitrogens with one attached hydrogen (secondary N) is 2. The Bertz CT molecular complexity index is 749. The zero-order chi connectivity index (χ0) is 14.1. The van der Waals surface area contributed by atoms with Crippen molar-refractivity contribution in [3.05, 3.63) is 35.9 Å². The van der Waals surface area contributed by atoms with Gasteiger partial charge in [-0.1, -0.05) is 6.07 Å². The summed E-state index contributed by atoms with van der Waals surface area (Å²) in [6.45, 7) is 3.85. The van der Waals surface area contributed by atoms with Gasteiger partial charge in [0.1, 0.15) is 17.5 Å². The van der Waals surface area contributed by atoms with Gasteiger partial charge in [-0.2, -0.15) is 5.10 Å². The highest BCUT2D eigenvalue weighted by atomic mass is 15.2. The molecule has 0 aromatic carbocycles. The second kappa shape index (κ2) is 4.76. The maximum atomic E-state index is 5.90. The van der Waals surface area contributed by atoms with E-state index in [1.807, 2.05) is 26.0 Å². The number of fused-ring (bicyclic) bond motifs is 1. The van der Waals surface area contributed by atoms with Crippen molar-refractivity contribution in [2.24, 2.45) is 0 Å². The van der Waals surface area contributed by atoms with Crippen molar-refractivity contribution in [1.29, 1.82) is 0 Å². The third-order valence-corrected chi connectivity index (χ3v) is 3.11. The first-order valence-corrected chi connectivity index (χ1v) is 6.30. The Morgan fingerprint density at radius 1 is 1.35 bits per heavy atom. The average Bonchev–Trinajstić information content (AvgIpc) is 2.87. The van der Waals surface area contributed by atoms with E-state index in [0.717, 1.165) is 16.8 Å². The molecule has 3 rings (SSSR count). The Morgan fingerprint density at radius 3 is 3.00 bits per heavy atom. The second-order valence-electron chi connectivity index (χ2n) is 4.60. The molecule has 0 bridgehead atoms. The van der Waals surface area contributed by atoms with Gasteiger partial charge in [0.05, 0.1) is 17.6 Å². The molecule has 0 radical (unpaired) electrons. The number of aromatic amines is 1. The zero-order valence-corrected chi connectivity index (χ0v) is 11.3. The number of hydrogen-bond donors (Lipinski definition) is 3. The third kappa shape index (κ3) is 2.13. The molecule has 20 heavy (non-hydrogen) atoms. The van der Waals surface area contributed by atoms with Crippen LogP contribution in [0.3, 0.4) is 0 Å². The van der Waals surface area contributed by atoms with Crippen LogP contribution in [0.25, 0.3) is 11.0 Å². The molecular formula is C13H15N7. The molecule has 1 atom stereocenters. The first kappa shape index (κ1) is 12.3. The van der Waals surface area contributed by atoms with Crippen molar-refractivity contribution in [2.75, 3.05) is 11.1 Å². The van der Waals surface area contributed by atoms with E-state index in [2.05, 4.69) is 30.5 Å². The molecule has 0 aliphatic carbocycles. The molecule has 0 unspecified atom stereocenters. The first-order valence-electron chi connectivity index (χ1n) is 6.30. The van der Waals surface area contributed by atoms with E-state index in [1.165, 1.54) is 0 Å². The predicted molar refractivity (Wildman–Crippen MR) is 77.1 cm³/mol. The summed E-state index contributed by atoms with van der Waals surface area (Å²) in [4.78, 5) is 12.8. The number of aromatic nitrogens is 5. The van der Waals surface area contributed by atoms with E-state index >= 15 is 0 Å². The molecule has 3 heterocycles. The molecule has 0 fully saturated rings. The number of nitrogens with two attached hydrogens (primary N) is 1. The van der Waals surface area contributed by atoms with Crippen LogP contribution >= 0.6 is 0 Å². The van der Waals surface area contributed by atoms with Crippen molar-refractivity contribution in [3.8, 4) is 0 Å². The lowest BCUT2D eigenvalue weighted by atomic mass is 10.1. The summed E-state index contributed by atoms with van der Waals surface area (Å²) in [6, 6.07) is 3.79. The Labute approximate surface area is 115 Å². The summed E-state index contributed by atoms with van der Waals surface area (Å²) in [5.74, 6) is 1.93. The minimum Gasteiger partial charge on any atom is -0.383 e. The standard InChI is InChI=1S/C13H15N7/c1-7(9-4-3-5-15-11(9)14)17-12-10-6-16-20-13(10)19-8(2)18-12/h3-7H,1-2H3,(H2,14,15)(H2,16,17,18,19,20)/t7-/m0/s1. The third-order valence-electron chi connectivity index (χ3n) is 3.11. The van der Waals surface area contributed by atoms with Gasteiger partial charge >= 0.3 is 0 Å². The quantitative estimate of drug-likeness (QED) is 0.669. The maximum absolute atomic E-state index is 5.90. The predicted octanol–water partition coefficient (Wildman–Crippen LogP) is 1.81. The van der Waals surface area contributed by atoms with Crippen LogP contribution < -0.4 is 11.1 Å². The van der Waals surface area contributed by atoms with Crippen LogP contribution in [0.5, 0.6) is 0 Å². The fraction of sp³-hybridized carbons (Fsp3) is 0.231. The molecule has 0 aliphatic rings. The van der Waals surface area contributed by atoms with Crippen molar-refractivity contribution in [1.82, 2.24) is 25.1 Å². The van der Waals surface area contributed by atoms with Crippen molar-refractivity contribution >= 4 is 22.7 Å². The summed E-state index contributed by atoms with van der Waals surface area (Å²) >= 11 is 0. The fourth-order valence-corrected chi connectivity index (χ4v) is 2.14. The Kier molecular flexibility index (Phi) is 2.94. The summed E-state index contributed by atoms with van der Waals surface area (Å²) in [6.07, 6.45) is 3.38. The number of rotatable bonds is 3. The molecule has 7 nitrogen and oxygen atoms in total. The maximum Gasteiger partial charge on any atom is 0.161 e. The number of nitrogens with zero attached hydrogens (tertiary/aromatic N) is 4. The molecule has 4 N–H and O–H groups in total. The average molecular weight is 269 g/mol.